The number of nitrogens with zero attached hydrogens (tertiary/aromatic N) is 1. The zero-order valence-electron chi connectivity index (χ0n) is 8.99. The van der Waals surface area contributed by atoms with Crippen molar-refractivity contribution in [3.63, 3.8) is 0 Å². The van der Waals surface area contributed by atoms with Gasteiger partial charge in [0.15, 0.2) is 0 Å². The topological polar surface area (TPSA) is 49.8 Å². The summed E-state index contributed by atoms with van der Waals surface area (Å²) in [6.45, 7) is 3.31. The van der Waals surface area contributed by atoms with Gasteiger partial charge < -0.3 is 9.84 Å². The molecule has 0 aromatic heterocycles. The molecule has 0 spiro atoms. The van der Waals surface area contributed by atoms with E-state index in [0.29, 0.717) is 19.6 Å². The Kier molecular flexibility index (Phi) is 4.98. The normalized spacial score (nSPS) is 27.9. The van der Waals surface area contributed by atoms with Gasteiger partial charge in [-0.15, -0.1) is 0 Å². The monoisotopic (exact) mass is 219 g/mol. The zero-order chi connectivity index (χ0) is 11.3. The highest BCUT2D eigenvalue weighted by molar-refractivity contribution is 5.67. The van der Waals surface area contributed by atoms with E-state index in [4.69, 9.17) is 9.84 Å². The van der Waals surface area contributed by atoms with Crippen molar-refractivity contribution in [3.8, 4) is 0 Å². The van der Waals surface area contributed by atoms with Crippen LogP contribution in [0.25, 0.3) is 0 Å². The second-order valence-corrected chi connectivity index (χ2v) is 3.82. The second-order valence-electron chi connectivity index (χ2n) is 3.82. The van der Waals surface area contributed by atoms with E-state index < -0.39 is 12.1 Å². The molecule has 2 atom stereocenters. The molecule has 1 saturated heterocycles. The maximum absolute atomic E-state index is 13.1. The first kappa shape index (κ1) is 12.4. The number of halogens is 1. The summed E-state index contributed by atoms with van der Waals surface area (Å²) in [7, 11) is 0. The molecule has 5 heteroatoms. The third-order valence-electron chi connectivity index (χ3n) is 2.70. The van der Waals surface area contributed by atoms with Gasteiger partial charge in [0.1, 0.15) is 12.8 Å². The van der Waals surface area contributed by atoms with Crippen LogP contribution in [0.4, 0.5) is 4.39 Å². The van der Waals surface area contributed by atoms with Crippen LogP contribution in [-0.4, -0.2) is 54.5 Å². The fourth-order valence-electron chi connectivity index (χ4n) is 1.91. The van der Waals surface area contributed by atoms with E-state index in [9.17, 15) is 9.18 Å². The average Bonchev–Trinajstić information content (AvgIpc) is 2.19. The lowest BCUT2D eigenvalue weighted by Gasteiger charge is -2.36. The van der Waals surface area contributed by atoms with Crippen molar-refractivity contribution < 1.29 is 19.0 Å². The summed E-state index contributed by atoms with van der Waals surface area (Å²) in [5.41, 5.74) is 0. The largest absolute Gasteiger partial charge is 0.480 e. The summed E-state index contributed by atoms with van der Waals surface area (Å²) >= 11 is 0. The highest BCUT2D eigenvalue weighted by atomic mass is 19.1. The molecule has 0 amide bonds. The minimum Gasteiger partial charge on any atom is -0.480 e. The van der Waals surface area contributed by atoms with Crippen LogP contribution in [0.15, 0.2) is 0 Å². The van der Waals surface area contributed by atoms with E-state index in [1.807, 2.05) is 11.8 Å². The van der Waals surface area contributed by atoms with Gasteiger partial charge in [-0.05, 0) is 19.4 Å². The third kappa shape index (κ3) is 4.13. The number of carbonyl (C=O) groups is 1. The lowest BCUT2D eigenvalue weighted by atomic mass is 10.0. The van der Waals surface area contributed by atoms with E-state index in [0.717, 1.165) is 13.0 Å². The van der Waals surface area contributed by atoms with Crippen molar-refractivity contribution in [2.45, 2.75) is 32.0 Å². The van der Waals surface area contributed by atoms with Crippen LogP contribution in [0, 0.1) is 0 Å². The quantitative estimate of drug-likeness (QED) is 0.746. The van der Waals surface area contributed by atoms with Crippen LogP contribution in [0.5, 0.6) is 0 Å². The zero-order valence-corrected chi connectivity index (χ0v) is 8.99. The lowest BCUT2D eigenvalue weighted by molar-refractivity contribution is -0.143. The molecule has 0 aromatic rings. The van der Waals surface area contributed by atoms with E-state index in [2.05, 4.69) is 0 Å². The molecule has 4 nitrogen and oxygen atoms in total. The lowest BCUT2D eigenvalue weighted by Crippen LogP contribution is -2.46. The Morgan fingerprint density at radius 2 is 2.33 bits per heavy atom. The number of alkyl halides is 1. The van der Waals surface area contributed by atoms with Gasteiger partial charge in [-0.3, -0.25) is 4.90 Å². The third-order valence-corrected chi connectivity index (χ3v) is 2.70. The number of carboxylic acids is 1. The Labute approximate surface area is 89.0 Å². The predicted molar refractivity (Wildman–Crippen MR) is 53.6 cm³/mol. The summed E-state index contributed by atoms with van der Waals surface area (Å²) in [6, 6.07) is 0.168. The van der Waals surface area contributed by atoms with E-state index in [1.165, 1.54) is 0 Å². The molecule has 0 aliphatic carbocycles. The Balaban J connectivity index is 2.29. The van der Waals surface area contributed by atoms with Gasteiger partial charge in [-0.25, -0.2) is 9.18 Å². The van der Waals surface area contributed by atoms with Crippen LogP contribution in [0.3, 0.4) is 0 Å². The molecule has 1 N–H and O–H groups in total. The molecule has 88 valence electrons. The van der Waals surface area contributed by atoms with Crippen LogP contribution in [-0.2, 0) is 9.53 Å². The first-order valence-corrected chi connectivity index (χ1v) is 5.31. The minimum atomic E-state index is -0.961. The van der Waals surface area contributed by atoms with Gasteiger partial charge in [0.2, 0.25) is 0 Å². The smallest absolute Gasteiger partial charge is 0.329 e. The first-order chi connectivity index (χ1) is 7.13. The number of aliphatic carboxylic acids is 1. The molecule has 1 heterocycles. The molecule has 1 rings (SSSR count). The van der Waals surface area contributed by atoms with Crippen LogP contribution >= 0.6 is 0 Å². The van der Waals surface area contributed by atoms with Crippen molar-refractivity contribution in [2.75, 3.05) is 26.3 Å². The van der Waals surface area contributed by atoms with Crippen molar-refractivity contribution in [1.29, 1.82) is 0 Å². The highest BCUT2D eigenvalue weighted by Crippen LogP contribution is 2.19. The Bertz CT molecular complexity index is 213. The highest BCUT2D eigenvalue weighted by Gasteiger charge is 2.27. The summed E-state index contributed by atoms with van der Waals surface area (Å²) in [6.07, 6.45) is 0.548. The maximum Gasteiger partial charge on any atom is 0.329 e. The number of carboxylic acid groups (broad SMARTS) is 1. The van der Waals surface area contributed by atoms with Crippen molar-refractivity contribution in [1.82, 2.24) is 4.90 Å². The standard InChI is InChI=1S/C10H18FNO3/c1-2-12-5-8(11)3-4-9(12)6-15-7-10(13)14/h8-9H,2-7H2,1H3,(H,13,14). The number of hydrogen-bond donors (Lipinski definition) is 1. The summed E-state index contributed by atoms with van der Waals surface area (Å²) in [5.74, 6) is -0.961. The number of likely N-dealkylation sites (N-methyl/N-ethyl adjacent to an activating group) is 1. The molecule has 0 bridgehead atoms. The van der Waals surface area contributed by atoms with Gasteiger partial charge in [-0.1, -0.05) is 6.92 Å². The second kappa shape index (κ2) is 6.02. The van der Waals surface area contributed by atoms with Crippen molar-refractivity contribution >= 4 is 5.97 Å². The molecule has 1 fully saturated rings. The van der Waals surface area contributed by atoms with Crippen molar-refractivity contribution in [2.24, 2.45) is 0 Å². The van der Waals surface area contributed by atoms with E-state index >= 15 is 0 Å². The first-order valence-electron chi connectivity index (χ1n) is 5.31. The molecular weight excluding hydrogens is 201 g/mol. The molecule has 1 aliphatic rings. The van der Waals surface area contributed by atoms with Gasteiger partial charge >= 0.3 is 5.97 Å². The molecule has 0 aromatic carbocycles. The number of piperidine rings is 1. The summed E-state index contributed by atoms with van der Waals surface area (Å²) in [5, 5.41) is 8.41. The van der Waals surface area contributed by atoms with Crippen LogP contribution in [0.1, 0.15) is 19.8 Å². The molecule has 0 saturated carbocycles. The Morgan fingerprint density at radius 3 is 2.93 bits per heavy atom. The van der Waals surface area contributed by atoms with E-state index in [1.54, 1.807) is 0 Å². The number of rotatable bonds is 5. The Hall–Kier alpha value is -0.680. The Morgan fingerprint density at radius 1 is 1.60 bits per heavy atom. The molecule has 2 unspecified atom stereocenters. The van der Waals surface area contributed by atoms with Gasteiger partial charge in [0, 0.05) is 12.6 Å². The minimum absolute atomic E-state index is 0.168. The fraction of sp³-hybridized carbons (Fsp3) is 0.900. The number of likely N-dealkylation sites (tertiary alicyclic amines) is 1. The molecular formula is C10H18FNO3. The fourth-order valence-corrected chi connectivity index (χ4v) is 1.91. The molecule has 0 radical (unpaired) electrons. The van der Waals surface area contributed by atoms with Gasteiger partial charge in [0.05, 0.1) is 6.61 Å². The van der Waals surface area contributed by atoms with Gasteiger partial charge in [0.25, 0.3) is 0 Å². The molecule has 1 aliphatic heterocycles. The summed E-state index contributed by atoms with van der Waals surface area (Å²) in [4.78, 5) is 12.3. The number of hydrogen-bond acceptors (Lipinski definition) is 3. The maximum atomic E-state index is 13.1. The van der Waals surface area contributed by atoms with E-state index in [-0.39, 0.29) is 12.6 Å². The van der Waals surface area contributed by atoms with Gasteiger partial charge in [-0.2, -0.15) is 0 Å². The van der Waals surface area contributed by atoms with Crippen LogP contribution < -0.4 is 0 Å². The van der Waals surface area contributed by atoms with Crippen LogP contribution in [0.2, 0.25) is 0 Å². The number of ether oxygens (including phenoxy) is 1. The summed E-state index contributed by atoms with van der Waals surface area (Å²) < 4.78 is 18.1. The SMILES string of the molecule is CCN1CC(F)CCC1COCC(=O)O. The van der Waals surface area contributed by atoms with Crippen molar-refractivity contribution in [3.05, 3.63) is 0 Å². The molecule has 15 heavy (non-hydrogen) atoms. The predicted octanol–water partition coefficient (Wildman–Crippen LogP) is 0.910. The average molecular weight is 219 g/mol.